The highest BCUT2D eigenvalue weighted by atomic mass is 35.5. The summed E-state index contributed by atoms with van der Waals surface area (Å²) in [6.07, 6.45) is 1.85. The van der Waals surface area contributed by atoms with Gasteiger partial charge < -0.3 is 10.1 Å². The minimum Gasteiger partial charge on any atom is -0.462 e. The molecular formula is C18H17ClN4O4. The number of benzene rings is 1. The largest absolute Gasteiger partial charge is 0.462 e. The average molecular weight is 389 g/mol. The number of esters is 1. The molecule has 1 saturated heterocycles. The lowest BCUT2D eigenvalue weighted by Crippen LogP contribution is -2.47. The third-order valence-corrected chi connectivity index (χ3v) is 4.19. The van der Waals surface area contributed by atoms with Crippen molar-refractivity contribution in [3.8, 4) is 11.4 Å². The van der Waals surface area contributed by atoms with Gasteiger partial charge in [0.15, 0.2) is 5.82 Å². The minimum atomic E-state index is -0.691. The van der Waals surface area contributed by atoms with E-state index in [1.807, 2.05) is 0 Å². The van der Waals surface area contributed by atoms with Gasteiger partial charge in [-0.05, 0) is 37.6 Å². The maximum atomic E-state index is 12.2. The Morgan fingerprint density at radius 3 is 2.74 bits per heavy atom. The van der Waals surface area contributed by atoms with Crippen LogP contribution in [0.2, 0.25) is 5.02 Å². The van der Waals surface area contributed by atoms with Gasteiger partial charge in [-0.2, -0.15) is 0 Å². The van der Waals surface area contributed by atoms with Gasteiger partial charge in [-0.3, -0.25) is 14.9 Å². The highest BCUT2D eigenvalue weighted by molar-refractivity contribution is 6.30. The van der Waals surface area contributed by atoms with E-state index in [4.69, 9.17) is 16.3 Å². The van der Waals surface area contributed by atoms with Crippen LogP contribution in [0, 0.1) is 0 Å². The van der Waals surface area contributed by atoms with Crippen molar-refractivity contribution in [1.29, 1.82) is 0 Å². The van der Waals surface area contributed by atoms with Gasteiger partial charge in [0.25, 0.3) is 0 Å². The molecule has 1 fully saturated rings. The molecule has 0 bridgehead atoms. The highest BCUT2D eigenvalue weighted by Gasteiger charge is 2.28. The number of anilines is 1. The predicted octanol–water partition coefficient (Wildman–Crippen LogP) is 2.19. The first-order valence-corrected chi connectivity index (χ1v) is 8.76. The molecule has 27 heavy (non-hydrogen) atoms. The molecule has 1 aliphatic rings. The fourth-order valence-electron chi connectivity index (χ4n) is 2.58. The standard InChI is InChI=1S/C18H17ClN4O4/c1-2-27-18(26)12-9-20-15(10-3-5-11(19)6-4-10)23-16(12)21-13-7-8-14(24)22-17(13)25/h3-6,9,13H,2,7-8H2,1H3,(H,20,21,23)(H,22,24,25). The molecule has 2 aromatic rings. The van der Waals surface area contributed by atoms with Crippen molar-refractivity contribution in [2.45, 2.75) is 25.8 Å². The number of aromatic nitrogens is 2. The maximum absolute atomic E-state index is 12.2. The number of nitrogens with zero attached hydrogens (tertiary/aromatic N) is 2. The van der Waals surface area contributed by atoms with Gasteiger partial charge >= 0.3 is 5.97 Å². The number of hydrogen-bond acceptors (Lipinski definition) is 7. The van der Waals surface area contributed by atoms with Gasteiger partial charge in [0.05, 0.1) is 6.61 Å². The summed E-state index contributed by atoms with van der Waals surface area (Å²) in [7, 11) is 0. The van der Waals surface area contributed by atoms with Crippen LogP contribution in [-0.2, 0) is 14.3 Å². The Balaban J connectivity index is 1.95. The van der Waals surface area contributed by atoms with E-state index in [1.54, 1.807) is 31.2 Å². The molecule has 1 aromatic heterocycles. The second kappa shape index (κ2) is 8.13. The van der Waals surface area contributed by atoms with E-state index in [1.165, 1.54) is 6.20 Å². The number of amides is 2. The van der Waals surface area contributed by atoms with Crippen LogP contribution in [0.5, 0.6) is 0 Å². The Labute approximate surface area is 160 Å². The normalized spacial score (nSPS) is 16.6. The van der Waals surface area contributed by atoms with E-state index in [9.17, 15) is 14.4 Å². The van der Waals surface area contributed by atoms with E-state index in [-0.39, 0.29) is 30.3 Å². The highest BCUT2D eigenvalue weighted by Crippen LogP contribution is 2.23. The third kappa shape index (κ3) is 4.40. The van der Waals surface area contributed by atoms with E-state index < -0.39 is 17.9 Å². The Morgan fingerprint density at radius 1 is 1.33 bits per heavy atom. The second-order valence-electron chi connectivity index (χ2n) is 5.83. The van der Waals surface area contributed by atoms with Gasteiger partial charge in [0.2, 0.25) is 11.8 Å². The molecule has 2 heterocycles. The summed E-state index contributed by atoms with van der Waals surface area (Å²) in [5, 5.41) is 5.77. The van der Waals surface area contributed by atoms with Gasteiger partial charge in [-0.15, -0.1) is 0 Å². The second-order valence-corrected chi connectivity index (χ2v) is 6.27. The van der Waals surface area contributed by atoms with E-state index >= 15 is 0 Å². The van der Waals surface area contributed by atoms with Crippen LogP contribution in [0.15, 0.2) is 30.5 Å². The van der Waals surface area contributed by atoms with Crippen molar-refractivity contribution in [3.05, 3.63) is 41.0 Å². The summed E-state index contributed by atoms with van der Waals surface area (Å²) >= 11 is 5.90. The zero-order valence-electron chi connectivity index (χ0n) is 14.5. The summed E-state index contributed by atoms with van der Waals surface area (Å²) in [6, 6.07) is 6.21. The number of ether oxygens (including phenoxy) is 1. The SMILES string of the molecule is CCOC(=O)c1cnc(-c2ccc(Cl)cc2)nc1NC1CCC(=O)NC1=O. The number of carbonyl (C=O) groups is 3. The summed E-state index contributed by atoms with van der Waals surface area (Å²) in [6.45, 7) is 1.88. The van der Waals surface area contributed by atoms with Crippen molar-refractivity contribution < 1.29 is 19.1 Å². The smallest absolute Gasteiger partial charge is 0.343 e. The summed E-state index contributed by atoms with van der Waals surface area (Å²) in [4.78, 5) is 44.2. The zero-order valence-corrected chi connectivity index (χ0v) is 15.2. The lowest BCUT2D eigenvalue weighted by atomic mass is 10.1. The van der Waals surface area contributed by atoms with Crippen molar-refractivity contribution in [3.63, 3.8) is 0 Å². The first kappa shape index (κ1) is 18.8. The Bertz CT molecular complexity index is 885. The lowest BCUT2D eigenvalue weighted by molar-refractivity contribution is -0.133. The number of hydrogen-bond donors (Lipinski definition) is 2. The van der Waals surface area contributed by atoms with Gasteiger partial charge in [0, 0.05) is 23.2 Å². The van der Waals surface area contributed by atoms with Crippen LogP contribution < -0.4 is 10.6 Å². The molecule has 1 aromatic carbocycles. The van der Waals surface area contributed by atoms with Gasteiger partial charge in [-0.1, -0.05) is 11.6 Å². The molecule has 2 amide bonds. The summed E-state index contributed by atoms with van der Waals surface area (Å²) in [5.74, 6) is -0.867. The molecule has 140 valence electrons. The quantitative estimate of drug-likeness (QED) is 0.596. The fraction of sp³-hybridized carbons (Fsp3) is 0.278. The molecule has 1 unspecified atom stereocenters. The van der Waals surface area contributed by atoms with Crippen LogP contribution in [0.4, 0.5) is 5.82 Å². The monoisotopic (exact) mass is 388 g/mol. The third-order valence-electron chi connectivity index (χ3n) is 3.94. The molecular weight excluding hydrogens is 372 g/mol. The van der Waals surface area contributed by atoms with E-state index in [0.29, 0.717) is 22.8 Å². The predicted molar refractivity (Wildman–Crippen MR) is 98.2 cm³/mol. The first-order valence-electron chi connectivity index (χ1n) is 8.38. The summed E-state index contributed by atoms with van der Waals surface area (Å²) in [5.41, 5.74) is 0.806. The average Bonchev–Trinajstić information content (AvgIpc) is 2.65. The number of imide groups is 1. The number of nitrogens with one attached hydrogen (secondary N) is 2. The lowest BCUT2D eigenvalue weighted by Gasteiger charge is -2.23. The molecule has 1 atom stereocenters. The van der Waals surface area contributed by atoms with Crippen molar-refractivity contribution in [2.75, 3.05) is 11.9 Å². The van der Waals surface area contributed by atoms with E-state index in [0.717, 1.165) is 0 Å². The van der Waals surface area contributed by atoms with Crippen LogP contribution in [0.1, 0.15) is 30.1 Å². The van der Waals surface area contributed by atoms with E-state index in [2.05, 4.69) is 20.6 Å². The van der Waals surface area contributed by atoms with Gasteiger partial charge in [0.1, 0.15) is 17.4 Å². The number of carbonyl (C=O) groups excluding carboxylic acids is 3. The molecule has 2 N–H and O–H groups in total. The van der Waals surface area contributed by atoms with Crippen molar-refractivity contribution >= 4 is 35.2 Å². The molecule has 0 aliphatic carbocycles. The van der Waals surface area contributed by atoms with Crippen LogP contribution in [0.3, 0.4) is 0 Å². The molecule has 0 saturated carbocycles. The van der Waals surface area contributed by atoms with Crippen molar-refractivity contribution in [2.24, 2.45) is 0 Å². The Morgan fingerprint density at radius 2 is 2.07 bits per heavy atom. The summed E-state index contributed by atoms with van der Waals surface area (Å²) < 4.78 is 5.03. The van der Waals surface area contributed by atoms with Crippen LogP contribution in [0.25, 0.3) is 11.4 Å². The Kier molecular flexibility index (Phi) is 5.66. The molecule has 1 aliphatic heterocycles. The fourth-order valence-corrected chi connectivity index (χ4v) is 2.71. The van der Waals surface area contributed by atoms with Crippen LogP contribution in [-0.4, -0.2) is 40.4 Å². The van der Waals surface area contributed by atoms with Crippen LogP contribution >= 0.6 is 11.6 Å². The van der Waals surface area contributed by atoms with Crippen molar-refractivity contribution in [1.82, 2.24) is 15.3 Å². The first-order chi connectivity index (χ1) is 13.0. The Hall–Kier alpha value is -3.00. The molecule has 0 radical (unpaired) electrons. The zero-order chi connectivity index (χ0) is 19.4. The van der Waals surface area contributed by atoms with Gasteiger partial charge in [-0.25, -0.2) is 14.8 Å². The molecule has 3 rings (SSSR count). The molecule has 8 nitrogen and oxygen atoms in total. The number of rotatable bonds is 5. The topological polar surface area (TPSA) is 110 Å². The molecule has 9 heteroatoms. The minimum absolute atomic E-state index is 0.110. The molecule has 0 spiro atoms. The number of halogens is 1. The number of piperidine rings is 1. The maximum Gasteiger partial charge on any atom is 0.343 e.